The summed E-state index contributed by atoms with van der Waals surface area (Å²) in [5.41, 5.74) is 3.23. The molecule has 0 amide bonds. The number of rotatable bonds is 2. The third kappa shape index (κ3) is 1.95. The molecule has 0 saturated carbocycles. The molecular weight excluding hydrogens is 204 g/mol. The molecule has 1 aromatic heterocycles. The van der Waals surface area contributed by atoms with E-state index in [4.69, 9.17) is 0 Å². The number of methoxy groups -OCH3 is 1. The fraction of sp³-hybridized carbons (Fsp3) is 0.167. The number of hydrogen-bond donors (Lipinski definition) is 1. The first-order chi connectivity index (χ1) is 7.70. The van der Waals surface area contributed by atoms with Gasteiger partial charge in [-0.05, 0) is 19.1 Å². The maximum atomic E-state index is 11.2. The summed E-state index contributed by atoms with van der Waals surface area (Å²) in [7, 11) is 1.34. The Bertz CT molecular complexity index is 517. The van der Waals surface area contributed by atoms with Gasteiger partial charge in [0.15, 0.2) is 0 Å². The van der Waals surface area contributed by atoms with Crippen LogP contribution in [0.15, 0.2) is 30.3 Å². The highest BCUT2D eigenvalue weighted by Gasteiger charge is 2.10. The van der Waals surface area contributed by atoms with Crippen molar-refractivity contribution in [1.29, 1.82) is 0 Å². The Balaban J connectivity index is 2.35. The molecule has 0 atom stereocenters. The molecule has 16 heavy (non-hydrogen) atoms. The van der Waals surface area contributed by atoms with E-state index in [1.807, 2.05) is 31.2 Å². The van der Waals surface area contributed by atoms with Crippen molar-refractivity contribution in [3.05, 3.63) is 41.6 Å². The van der Waals surface area contributed by atoms with Crippen molar-refractivity contribution in [2.45, 2.75) is 6.92 Å². The number of H-pyrrole nitrogens is 1. The molecule has 2 rings (SSSR count). The third-order valence-corrected chi connectivity index (χ3v) is 2.30. The molecule has 0 radical (unpaired) electrons. The fourth-order valence-electron chi connectivity index (χ4n) is 1.49. The summed E-state index contributed by atoms with van der Waals surface area (Å²) in [6.45, 7) is 2.01. The molecule has 82 valence electrons. The number of carbonyl (C=O) groups is 1. The number of ether oxygens (including phenoxy) is 1. The Kier molecular flexibility index (Phi) is 2.72. The quantitative estimate of drug-likeness (QED) is 0.783. The van der Waals surface area contributed by atoms with Crippen molar-refractivity contribution in [1.82, 2.24) is 10.2 Å². The number of aromatic nitrogens is 2. The number of nitrogens with one attached hydrogen (secondary N) is 1. The zero-order valence-electron chi connectivity index (χ0n) is 9.15. The van der Waals surface area contributed by atoms with E-state index in [-0.39, 0.29) is 0 Å². The number of aromatic amines is 1. The van der Waals surface area contributed by atoms with Crippen LogP contribution in [0.4, 0.5) is 0 Å². The van der Waals surface area contributed by atoms with E-state index in [9.17, 15) is 4.79 Å². The summed E-state index contributed by atoms with van der Waals surface area (Å²) >= 11 is 0. The van der Waals surface area contributed by atoms with Crippen molar-refractivity contribution in [3.63, 3.8) is 0 Å². The summed E-state index contributed by atoms with van der Waals surface area (Å²) < 4.78 is 4.60. The SMILES string of the molecule is COC(=O)c1cc(-c2cccc(C)c2)n[nH]1. The maximum Gasteiger partial charge on any atom is 0.356 e. The zero-order valence-corrected chi connectivity index (χ0v) is 9.15. The number of hydrogen-bond acceptors (Lipinski definition) is 3. The first kappa shape index (κ1) is 10.4. The molecule has 1 aromatic carbocycles. The average Bonchev–Trinajstić information content (AvgIpc) is 2.77. The van der Waals surface area contributed by atoms with Crippen LogP contribution < -0.4 is 0 Å². The van der Waals surface area contributed by atoms with Crippen molar-refractivity contribution < 1.29 is 9.53 Å². The van der Waals surface area contributed by atoms with Gasteiger partial charge in [0.2, 0.25) is 0 Å². The first-order valence-electron chi connectivity index (χ1n) is 4.91. The Labute approximate surface area is 93.3 Å². The molecule has 0 unspecified atom stereocenters. The second-order valence-corrected chi connectivity index (χ2v) is 3.53. The Hall–Kier alpha value is -2.10. The van der Waals surface area contributed by atoms with Crippen molar-refractivity contribution in [2.75, 3.05) is 7.11 Å². The predicted octanol–water partition coefficient (Wildman–Crippen LogP) is 2.17. The molecule has 1 N–H and O–H groups in total. The van der Waals surface area contributed by atoms with Crippen LogP contribution in [0.1, 0.15) is 16.1 Å². The molecule has 2 aromatic rings. The average molecular weight is 216 g/mol. The molecule has 4 nitrogen and oxygen atoms in total. The van der Waals surface area contributed by atoms with Gasteiger partial charge in [0.1, 0.15) is 5.69 Å². The Morgan fingerprint density at radius 3 is 2.88 bits per heavy atom. The van der Waals surface area contributed by atoms with E-state index in [1.54, 1.807) is 6.07 Å². The molecule has 0 saturated heterocycles. The molecular formula is C12H12N2O2. The summed E-state index contributed by atoms with van der Waals surface area (Å²) in [4.78, 5) is 11.2. The molecule has 4 heteroatoms. The summed E-state index contributed by atoms with van der Waals surface area (Å²) in [5.74, 6) is -0.411. The molecule has 0 bridgehead atoms. The lowest BCUT2D eigenvalue weighted by molar-refractivity contribution is 0.0594. The highest BCUT2D eigenvalue weighted by atomic mass is 16.5. The molecule has 0 spiro atoms. The van der Waals surface area contributed by atoms with Crippen LogP contribution in [0.25, 0.3) is 11.3 Å². The van der Waals surface area contributed by atoms with Gasteiger partial charge in [0.25, 0.3) is 0 Å². The van der Waals surface area contributed by atoms with Crippen molar-refractivity contribution in [3.8, 4) is 11.3 Å². The third-order valence-electron chi connectivity index (χ3n) is 2.30. The van der Waals surface area contributed by atoms with E-state index in [2.05, 4.69) is 14.9 Å². The second kappa shape index (κ2) is 4.18. The molecule has 1 heterocycles. The normalized spacial score (nSPS) is 10.1. The van der Waals surface area contributed by atoms with Gasteiger partial charge in [-0.1, -0.05) is 23.8 Å². The predicted molar refractivity (Wildman–Crippen MR) is 60.1 cm³/mol. The standard InChI is InChI=1S/C12H12N2O2/c1-8-4-3-5-9(6-8)10-7-11(14-13-10)12(15)16-2/h3-7H,1-2H3,(H,13,14). The van der Waals surface area contributed by atoms with Gasteiger partial charge in [0, 0.05) is 5.56 Å². The molecule has 0 aliphatic carbocycles. The lowest BCUT2D eigenvalue weighted by Gasteiger charge is -1.96. The fourth-order valence-corrected chi connectivity index (χ4v) is 1.49. The topological polar surface area (TPSA) is 55.0 Å². The minimum absolute atomic E-state index is 0.360. The number of esters is 1. The van der Waals surface area contributed by atoms with E-state index >= 15 is 0 Å². The van der Waals surface area contributed by atoms with Gasteiger partial charge in [0.05, 0.1) is 12.8 Å². The lowest BCUT2D eigenvalue weighted by atomic mass is 10.1. The van der Waals surface area contributed by atoms with E-state index in [1.165, 1.54) is 7.11 Å². The van der Waals surface area contributed by atoms with Crippen LogP contribution in [-0.4, -0.2) is 23.3 Å². The highest BCUT2D eigenvalue weighted by molar-refractivity contribution is 5.88. The van der Waals surface area contributed by atoms with Gasteiger partial charge in [-0.15, -0.1) is 0 Å². The van der Waals surface area contributed by atoms with Crippen molar-refractivity contribution in [2.24, 2.45) is 0 Å². The van der Waals surface area contributed by atoms with Gasteiger partial charge >= 0.3 is 5.97 Å². The van der Waals surface area contributed by atoms with Gasteiger partial charge in [-0.25, -0.2) is 4.79 Å². The number of carbonyl (C=O) groups excluding carboxylic acids is 1. The van der Waals surface area contributed by atoms with Crippen LogP contribution >= 0.6 is 0 Å². The summed E-state index contributed by atoms with van der Waals surface area (Å²) in [5, 5.41) is 6.72. The summed E-state index contributed by atoms with van der Waals surface area (Å²) in [6.07, 6.45) is 0. The molecule has 0 aliphatic heterocycles. The van der Waals surface area contributed by atoms with Crippen LogP contribution in [0.3, 0.4) is 0 Å². The Morgan fingerprint density at radius 1 is 1.38 bits per heavy atom. The monoisotopic (exact) mass is 216 g/mol. The van der Waals surface area contributed by atoms with Crippen LogP contribution in [0, 0.1) is 6.92 Å². The Morgan fingerprint density at radius 2 is 2.19 bits per heavy atom. The van der Waals surface area contributed by atoms with Crippen LogP contribution in [0.2, 0.25) is 0 Å². The largest absolute Gasteiger partial charge is 0.464 e. The molecule has 0 aliphatic rings. The van der Waals surface area contributed by atoms with Gasteiger partial charge in [-0.2, -0.15) is 5.10 Å². The zero-order chi connectivity index (χ0) is 11.5. The van der Waals surface area contributed by atoms with Crippen molar-refractivity contribution >= 4 is 5.97 Å². The van der Waals surface area contributed by atoms with E-state index < -0.39 is 5.97 Å². The first-order valence-corrected chi connectivity index (χ1v) is 4.91. The lowest BCUT2D eigenvalue weighted by Crippen LogP contribution is -2.00. The number of nitrogens with zero attached hydrogens (tertiary/aromatic N) is 1. The summed E-state index contributed by atoms with van der Waals surface area (Å²) in [6, 6.07) is 9.61. The minimum Gasteiger partial charge on any atom is -0.464 e. The van der Waals surface area contributed by atoms with Crippen LogP contribution in [0.5, 0.6) is 0 Å². The second-order valence-electron chi connectivity index (χ2n) is 3.53. The van der Waals surface area contributed by atoms with Gasteiger partial charge in [-0.3, -0.25) is 5.10 Å². The number of benzene rings is 1. The van der Waals surface area contributed by atoms with Crippen LogP contribution in [-0.2, 0) is 4.74 Å². The smallest absolute Gasteiger partial charge is 0.356 e. The number of aryl methyl sites for hydroxylation is 1. The molecule has 0 fully saturated rings. The maximum absolute atomic E-state index is 11.2. The van der Waals surface area contributed by atoms with E-state index in [0.29, 0.717) is 5.69 Å². The van der Waals surface area contributed by atoms with Gasteiger partial charge < -0.3 is 4.74 Å². The van der Waals surface area contributed by atoms with E-state index in [0.717, 1.165) is 16.8 Å². The minimum atomic E-state index is -0.411. The highest BCUT2D eigenvalue weighted by Crippen LogP contribution is 2.18.